The normalized spacial score (nSPS) is 10.2. The van der Waals surface area contributed by atoms with E-state index in [9.17, 15) is 9.59 Å². The van der Waals surface area contributed by atoms with E-state index >= 15 is 0 Å². The third kappa shape index (κ3) is 4.39. The van der Waals surface area contributed by atoms with Gasteiger partial charge in [-0.2, -0.15) is 0 Å². The molecule has 2 amide bonds. The fourth-order valence-corrected chi connectivity index (χ4v) is 2.79. The number of thiazole rings is 1. The van der Waals surface area contributed by atoms with Gasteiger partial charge >= 0.3 is 12.0 Å². The number of hydrogen-bond acceptors (Lipinski definition) is 4. The quantitative estimate of drug-likeness (QED) is 0.667. The minimum atomic E-state index is -1.00. The lowest BCUT2D eigenvalue weighted by Gasteiger charge is -2.06. The predicted molar refractivity (Wildman–Crippen MR) is 88.8 cm³/mol. The first kappa shape index (κ1) is 15.7. The van der Waals surface area contributed by atoms with Crippen LogP contribution < -0.4 is 10.6 Å². The number of amides is 2. The molecule has 2 rings (SSSR count). The second kappa shape index (κ2) is 6.85. The van der Waals surface area contributed by atoms with Gasteiger partial charge < -0.3 is 15.7 Å². The van der Waals surface area contributed by atoms with E-state index < -0.39 is 5.97 Å². The number of rotatable bonds is 4. The van der Waals surface area contributed by atoms with E-state index in [1.54, 1.807) is 19.1 Å². The van der Waals surface area contributed by atoms with Crippen molar-refractivity contribution in [2.75, 3.05) is 5.32 Å². The Bertz CT molecular complexity index is 670. The molecule has 3 N–H and O–H groups in total. The molecule has 0 unspecified atom stereocenters. The van der Waals surface area contributed by atoms with Gasteiger partial charge in [0.25, 0.3) is 0 Å². The predicted octanol–water partition coefficient (Wildman–Crippen LogP) is 3.08. The molecule has 1 aromatic carbocycles. The number of urea groups is 1. The molecule has 0 spiro atoms. The Morgan fingerprint density at radius 1 is 1.33 bits per heavy atom. The standard InChI is InChI=1S/C13H12IN3O3S/c1-7-11(12(18)19)21-10(16-7)6-15-13(20)17-9-4-2-8(14)3-5-9/h2-5H,6H2,1H3,(H,18,19)(H2,15,17,20). The SMILES string of the molecule is Cc1nc(CNC(=O)Nc2ccc(I)cc2)sc1C(=O)O. The molecule has 0 saturated carbocycles. The Hall–Kier alpha value is -1.68. The average Bonchev–Trinajstić information content (AvgIpc) is 2.81. The van der Waals surface area contributed by atoms with Crippen LogP contribution >= 0.6 is 33.9 Å². The molecule has 0 aliphatic heterocycles. The fraction of sp³-hybridized carbons (Fsp3) is 0.154. The van der Waals surface area contributed by atoms with Gasteiger partial charge in [0, 0.05) is 9.26 Å². The molecule has 0 saturated heterocycles. The van der Waals surface area contributed by atoms with E-state index in [0.29, 0.717) is 16.4 Å². The van der Waals surface area contributed by atoms with Crippen LogP contribution in [-0.2, 0) is 6.54 Å². The molecule has 1 heterocycles. The molecule has 0 fully saturated rings. The largest absolute Gasteiger partial charge is 0.477 e. The van der Waals surface area contributed by atoms with Crippen molar-refractivity contribution in [1.29, 1.82) is 0 Å². The third-order valence-corrected chi connectivity index (χ3v) is 4.40. The highest BCUT2D eigenvalue weighted by molar-refractivity contribution is 14.1. The minimum absolute atomic E-state index is 0.189. The zero-order chi connectivity index (χ0) is 15.4. The van der Waals surface area contributed by atoms with E-state index in [0.717, 1.165) is 14.9 Å². The van der Waals surface area contributed by atoms with Crippen LogP contribution in [0.2, 0.25) is 0 Å². The number of carbonyl (C=O) groups excluding carboxylic acids is 1. The van der Waals surface area contributed by atoms with Crippen molar-refractivity contribution in [3.8, 4) is 0 Å². The Labute approximate surface area is 138 Å². The number of aromatic nitrogens is 1. The molecule has 6 nitrogen and oxygen atoms in total. The van der Waals surface area contributed by atoms with Crippen LogP contribution in [0.5, 0.6) is 0 Å². The van der Waals surface area contributed by atoms with Crippen LogP contribution in [0.4, 0.5) is 10.5 Å². The van der Waals surface area contributed by atoms with Gasteiger partial charge in [-0.05, 0) is 53.8 Å². The van der Waals surface area contributed by atoms with Crippen molar-refractivity contribution in [2.24, 2.45) is 0 Å². The van der Waals surface area contributed by atoms with Gasteiger partial charge in [0.1, 0.15) is 9.88 Å². The van der Waals surface area contributed by atoms with Gasteiger partial charge in [-0.3, -0.25) is 0 Å². The van der Waals surface area contributed by atoms with Crippen molar-refractivity contribution in [3.63, 3.8) is 0 Å². The summed E-state index contributed by atoms with van der Waals surface area (Å²) >= 11 is 3.25. The lowest BCUT2D eigenvalue weighted by Crippen LogP contribution is -2.28. The van der Waals surface area contributed by atoms with Crippen LogP contribution in [0.3, 0.4) is 0 Å². The molecule has 21 heavy (non-hydrogen) atoms. The maximum atomic E-state index is 11.7. The Morgan fingerprint density at radius 3 is 2.57 bits per heavy atom. The summed E-state index contributed by atoms with van der Waals surface area (Å²) in [5.41, 5.74) is 1.15. The number of nitrogens with one attached hydrogen (secondary N) is 2. The van der Waals surface area contributed by atoms with E-state index in [-0.39, 0.29) is 17.5 Å². The number of benzene rings is 1. The molecular formula is C13H12IN3O3S. The third-order valence-electron chi connectivity index (χ3n) is 2.54. The van der Waals surface area contributed by atoms with Crippen molar-refractivity contribution in [2.45, 2.75) is 13.5 Å². The summed E-state index contributed by atoms with van der Waals surface area (Å²) in [6, 6.07) is 7.02. The average molecular weight is 417 g/mol. The summed E-state index contributed by atoms with van der Waals surface area (Å²) in [5, 5.41) is 14.8. The van der Waals surface area contributed by atoms with E-state index in [1.807, 2.05) is 12.1 Å². The van der Waals surface area contributed by atoms with Crippen molar-refractivity contribution < 1.29 is 14.7 Å². The Kier molecular flexibility index (Phi) is 5.12. The van der Waals surface area contributed by atoms with Crippen molar-refractivity contribution in [1.82, 2.24) is 10.3 Å². The van der Waals surface area contributed by atoms with Crippen LogP contribution in [0.1, 0.15) is 20.4 Å². The molecule has 0 aliphatic rings. The number of carbonyl (C=O) groups is 2. The first-order chi connectivity index (χ1) is 9.95. The molecule has 0 bridgehead atoms. The highest BCUT2D eigenvalue weighted by Gasteiger charge is 2.14. The van der Waals surface area contributed by atoms with Gasteiger partial charge in [-0.25, -0.2) is 14.6 Å². The van der Waals surface area contributed by atoms with Crippen LogP contribution in [0, 0.1) is 10.5 Å². The molecule has 8 heteroatoms. The van der Waals surface area contributed by atoms with Gasteiger partial charge in [-0.15, -0.1) is 11.3 Å². The van der Waals surface area contributed by atoms with Gasteiger partial charge in [0.15, 0.2) is 0 Å². The molecule has 0 aliphatic carbocycles. The number of anilines is 1. The number of carboxylic acid groups (broad SMARTS) is 1. The summed E-state index contributed by atoms with van der Waals surface area (Å²) in [4.78, 5) is 27.0. The van der Waals surface area contributed by atoms with Crippen LogP contribution in [0.25, 0.3) is 0 Å². The Balaban J connectivity index is 1.90. The summed E-state index contributed by atoms with van der Waals surface area (Å²) < 4.78 is 1.08. The van der Waals surface area contributed by atoms with Gasteiger partial charge in [0.05, 0.1) is 12.2 Å². The van der Waals surface area contributed by atoms with Gasteiger partial charge in [0.2, 0.25) is 0 Å². The maximum Gasteiger partial charge on any atom is 0.347 e. The molecule has 1 aromatic heterocycles. The van der Waals surface area contributed by atoms with Gasteiger partial charge in [-0.1, -0.05) is 0 Å². The fourth-order valence-electron chi connectivity index (χ4n) is 1.59. The first-order valence-electron chi connectivity index (χ1n) is 5.95. The van der Waals surface area contributed by atoms with Crippen LogP contribution in [-0.4, -0.2) is 22.1 Å². The smallest absolute Gasteiger partial charge is 0.347 e. The number of nitrogens with zero attached hydrogens (tertiary/aromatic N) is 1. The molecule has 110 valence electrons. The molecule has 0 atom stereocenters. The topological polar surface area (TPSA) is 91.3 Å². The minimum Gasteiger partial charge on any atom is -0.477 e. The molecule has 0 radical (unpaired) electrons. The number of aryl methyl sites for hydroxylation is 1. The zero-order valence-electron chi connectivity index (χ0n) is 11.0. The number of hydrogen-bond donors (Lipinski definition) is 3. The summed E-state index contributed by atoms with van der Waals surface area (Å²) in [5.74, 6) is -1.00. The number of aromatic carboxylic acids is 1. The van der Waals surface area contributed by atoms with Crippen LogP contribution in [0.15, 0.2) is 24.3 Å². The molecule has 2 aromatic rings. The second-order valence-corrected chi connectivity index (χ2v) is 6.47. The number of halogens is 1. The highest BCUT2D eigenvalue weighted by atomic mass is 127. The highest BCUT2D eigenvalue weighted by Crippen LogP contribution is 2.17. The maximum absolute atomic E-state index is 11.7. The Morgan fingerprint density at radius 2 is 2.00 bits per heavy atom. The summed E-state index contributed by atoms with van der Waals surface area (Å²) in [6.45, 7) is 1.82. The summed E-state index contributed by atoms with van der Waals surface area (Å²) in [6.07, 6.45) is 0. The van der Waals surface area contributed by atoms with E-state index in [4.69, 9.17) is 5.11 Å². The van der Waals surface area contributed by atoms with E-state index in [2.05, 4.69) is 38.2 Å². The monoisotopic (exact) mass is 417 g/mol. The lowest BCUT2D eigenvalue weighted by molar-refractivity contribution is 0.0701. The zero-order valence-corrected chi connectivity index (χ0v) is 14.0. The lowest BCUT2D eigenvalue weighted by atomic mass is 10.3. The van der Waals surface area contributed by atoms with Crippen molar-refractivity contribution in [3.05, 3.63) is 43.4 Å². The summed E-state index contributed by atoms with van der Waals surface area (Å²) in [7, 11) is 0. The van der Waals surface area contributed by atoms with E-state index in [1.165, 1.54) is 0 Å². The molecular weight excluding hydrogens is 405 g/mol. The second-order valence-electron chi connectivity index (χ2n) is 4.14. The first-order valence-corrected chi connectivity index (χ1v) is 7.85. The number of carboxylic acids is 1. The van der Waals surface area contributed by atoms with Crippen molar-refractivity contribution >= 4 is 51.6 Å².